The fourth-order valence-corrected chi connectivity index (χ4v) is 3.82. The monoisotopic (exact) mass is 271 g/mol. The van der Waals surface area contributed by atoms with E-state index in [2.05, 4.69) is 10.3 Å². The molecule has 18 heavy (non-hydrogen) atoms. The van der Waals surface area contributed by atoms with Crippen molar-refractivity contribution < 1.29 is 13.3 Å². The molecule has 2 heterocycles. The van der Waals surface area contributed by atoms with Gasteiger partial charge in [-0.1, -0.05) is 0 Å². The van der Waals surface area contributed by atoms with Crippen molar-refractivity contribution in [3.05, 3.63) is 28.4 Å². The third kappa shape index (κ3) is 2.34. The number of pyridine rings is 1. The minimum Gasteiger partial charge on any atom is -0.317 e. The van der Waals surface area contributed by atoms with Gasteiger partial charge in [0.15, 0.2) is 0 Å². The van der Waals surface area contributed by atoms with Crippen LogP contribution in [0.3, 0.4) is 0 Å². The molecule has 0 saturated carbocycles. The van der Waals surface area contributed by atoms with Crippen LogP contribution in [0.25, 0.3) is 0 Å². The van der Waals surface area contributed by atoms with Crippen LogP contribution in [0.1, 0.15) is 12.8 Å². The standard InChI is InChI=1S/C10H13N3O4S/c14-13(15)9-2-1-5-12-10(9)18(16,17)8-3-6-11-7-4-8/h1-2,5,8,11H,3-4,6-7H2. The third-order valence-electron chi connectivity index (χ3n) is 2.94. The van der Waals surface area contributed by atoms with E-state index in [4.69, 9.17) is 0 Å². The molecule has 1 aromatic heterocycles. The minimum atomic E-state index is -3.73. The van der Waals surface area contributed by atoms with E-state index >= 15 is 0 Å². The van der Waals surface area contributed by atoms with Gasteiger partial charge in [-0.3, -0.25) is 10.1 Å². The van der Waals surface area contributed by atoms with Crippen molar-refractivity contribution >= 4 is 15.5 Å². The van der Waals surface area contributed by atoms with Crippen LogP contribution in [-0.2, 0) is 9.84 Å². The Morgan fingerprint density at radius 3 is 2.67 bits per heavy atom. The molecule has 98 valence electrons. The van der Waals surface area contributed by atoms with Gasteiger partial charge in [-0.05, 0) is 32.0 Å². The van der Waals surface area contributed by atoms with Gasteiger partial charge in [0.25, 0.3) is 0 Å². The molecule has 0 atom stereocenters. The molecule has 1 aliphatic rings. The summed E-state index contributed by atoms with van der Waals surface area (Å²) >= 11 is 0. The van der Waals surface area contributed by atoms with Gasteiger partial charge in [0, 0.05) is 12.3 Å². The van der Waals surface area contributed by atoms with Crippen LogP contribution in [-0.4, -0.2) is 36.7 Å². The van der Waals surface area contributed by atoms with Crippen molar-refractivity contribution in [2.45, 2.75) is 23.1 Å². The molecule has 8 heteroatoms. The Morgan fingerprint density at radius 1 is 1.39 bits per heavy atom. The second-order valence-corrected chi connectivity index (χ2v) is 6.22. The number of rotatable bonds is 3. The number of hydrogen-bond acceptors (Lipinski definition) is 6. The van der Waals surface area contributed by atoms with Crippen molar-refractivity contribution in [3.63, 3.8) is 0 Å². The molecule has 0 unspecified atom stereocenters. The van der Waals surface area contributed by atoms with E-state index in [1.54, 1.807) is 0 Å². The highest BCUT2D eigenvalue weighted by molar-refractivity contribution is 7.92. The summed E-state index contributed by atoms with van der Waals surface area (Å²) in [6.07, 6.45) is 2.17. The van der Waals surface area contributed by atoms with Crippen LogP contribution in [0, 0.1) is 10.1 Å². The van der Waals surface area contributed by atoms with Gasteiger partial charge in [0.05, 0.1) is 10.2 Å². The van der Waals surface area contributed by atoms with E-state index in [1.807, 2.05) is 0 Å². The van der Waals surface area contributed by atoms with Gasteiger partial charge < -0.3 is 5.32 Å². The molecule has 1 N–H and O–H groups in total. The Labute approximate surface area is 104 Å². The summed E-state index contributed by atoms with van der Waals surface area (Å²) in [5.74, 6) is 0. The second-order valence-electron chi connectivity index (χ2n) is 4.08. The lowest BCUT2D eigenvalue weighted by Crippen LogP contribution is -2.36. The highest BCUT2D eigenvalue weighted by Gasteiger charge is 2.35. The smallest absolute Gasteiger partial charge is 0.306 e. The lowest BCUT2D eigenvalue weighted by molar-refractivity contribution is -0.388. The zero-order chi connectivity index (χ0) is 13.2. The molecule has 0 radical (unpaired) electrons. The van der Waals surface area contributed by atoms with Crippen LogP contribution < -0.4 is 5.32 Å². The van der Waals surface area contributed by atoms with E-state index in [0.29, 0.717) is 25.9 Å². The van der Waals surface area contributed by atoms with Crippen molar-refractivity contribution in [1.82, 2.24) is 10.3 Å². The number of piperidine rings is 1. The molecule has 7 nitrogen and oxygen atoms in total. The van der Waals surface area contributed by atoms with E-state index in [9.17, 15) is 18.5 Å². The number of nitrogens with zero attached hydrogens (tertiary/aromatic N) is 2. The van der Waals surface area contributed by atoms with Crippen LogP contribution in [0.4, 0.5) is 5.69 Å². The largest absolute Gasteiger partial charge is 0.317 e. The van der Waals surface area contributed by atoms with Crippen LogP contribution >= 0.6 is 0 Å². The fraction of sp³-hybridized carbons (Fsp3) is 0.500. The van der Waals surface area contributed by atoms with Gasteiger partial charge in [-0.2, -0.15) is 0 Å². The van der Waals surface area contributed by atoms with Crippen molar-refractivity contribution in [3.8, 4) is 0 Å². The number of sulfone groups is 1. The molecule has 0 amide bonds. The quantitative estimate of drug-likeness (QED) is 0.635. The second kappa shape index (κ2) is 4.99. The summed E-state index contributed by atoms with van der Waals surface area (Å²) in [4.78, 5) is 13.8. The molecule has 0 aliphatic carbocycles. The molecule has 1 aliphatic heterocycles. The van der Waals surface area contributed by atoms with E-state index in [1.165, 1.54) is 18.3 Å². The summed E-state index contributed by atoms with van der Waals surface area (Å²) in [6.45, 7) is 1.20. The summed E-state index contributed by atoms with van der Waals surface area (Å²) in [5, 5.41) is 12.9. The van der Waals surface area contributed by atoms with Gasteiger partial charge in [0.1, 0.15) is 0 Å². The Hall–Kier alpha value is -1.54. The number of hydrogen-bond donors (Lipinski definition) is 1. The summed E-state index contributed by atoms with van der Waals surface area (Å²) in [7, 11) is -3.73. The van der Waals surface area contributed by atoms with Gasteiger partial charge in [-0.15, -0.1) is 0 Å². The number of nitrogens with one attached hydrogen (secondary N) is 1. The molecule has 1 aromatic rings. The zero-order valence-electron chi connectivity index (χ0n) is 9.57. The van der Waals surface area contributed by atoms with Gasteiger partial charge in [-0.25, -0.2) is 13.4 Å². The maximum absolute atomic E-state index is 12.3. The molecule has 0 bridgehead atoms. The average Bonchev–Trinajstić information content (AvgIpc) is 2.39. The topological polar surface area (TPSA) is 102 Å². The first-order valence-electron chi connectivity index (χ1n) is 5.57. The summed E-state index contributed by atoms with van der Waals surface area (Å²) < 4.78 is 24.6. The molecular formula is C10H13N3O4S. The minimum absolute atomic E-state index is 0.415. The Morgan fingerprint density at radius 2 is 2.06 bits per heavy atom. The van der Waals surface area contributed by atoms with Crippen LogP contribution in [0.5, 0.6) is 0 Å². The van der Waals surface area contributed by atoms with E-state index in [-0.39, 0.29) is 0 Å². The van der Waals surface area contributed by atoms with Gasteiger partial charge >= 0.3 is 5.69 Å². The molecule has 0 aromatic carbocycles. The molecule has 1 fully saturated rings. The van der Waals surface area contributed by atoms with Crippen molar-refractivity contribution in [2.24, 2.45) is 0 Å². The number of aromatic nitrogens is 1. The first-order valence-corrected chi connectivity index (χ1v) is 7.12. The number of nitro groups is 1. The fourth-order valence-electron chi connectivity index (χ4n) is 2.00. The maximum Gasteiger partial charge on any atom is 0.306 e. The molecule has 0 spiro atoms. The van der Waals surface area contributed by atoms with E-state index in [0.717, 1.165) is 0 Å². The molecular weight excluding hydrogens is 258 g/mol. The maximum atomic E-state index is 12.3. The van der Waals surface area contributed by atoms with Crippen LogP contribution in [0.15, 0.2) is 23.4 Å². The SMILES string of the molecule is O=[N+]([O-])c1cccnc1S(=O)(=O)C1CCNCC1. The Bertz CT molecular complexity index is 552. The highest BCUT2D eigenvalue weighted by atomic mass is 32.2. The molecule has 1 saturated heterocycles. The molecule has 2 rings (SSSR count). The summed E-state index contributed by atoms with van der Waals surface area (Å²) in [5.41, 5.74) is -0.448. The summed E-state index contributed by atoms with van der Waals surface area (Å²) in [6, 6.07) is 2.53. The lowest BCUT2D eigenvalue weighted by atomic mass is 10.2. The predicted molar refractivity (Wildman–Crippen MR) is 64.0 cm³/mol. The Balaban J connectivity index is 2.43. The normalized spacial score (nSPS) is 17.6. The predicted octanol–water partition coefficient (Wildman–Crippen LogP) is 0.515. The van der Waals surface area contributed by atoms with Gasteiger partial charge in [0.2, 0.25) is 14.9 Å². The van der Waals surface area contributed by atoms with Crippen molar-refractivity contribution in [1.29, 1.82) is 0 Å². The lowest BCUT2D eigenvalue weighted by Gasteiger charge is -2.21. The van der Waals surface area contributed by atoms with Crippen LogP contribution in [0.2, 0.25) is 0 Å². The van der Waals surface area contributed by atoms with Crippen molar-refractivity contribution in [2.75, 3.05) is 13.1 Å². The average molecular weight is 271 g/mol. The first kappa shape index (κ1) is 12.9. The Kier molecular flexibility index (Phi) is 3.58. The third-order valence-corrected chi connectivity index (χ3v) is 5.14. The van der Waals surface area contributed by atoms with E-state index < -0.39 is 30.7 Å². The first-order chi connectivity index (χ1) is 8.53. The zero-order valence-corrected chi connectivity index (χ0v) is 10.4. The highest BCUT2D eigenvalue weighted by Crippen LogP contribution is 2.27.